The molecule has 0 atom stereocenters. The van der Waals surface area contributed by atoms with Gasteiger partial charge in [-0.1, -0.05) is 11.8 Å². The number of carbonyl (C=O) groups excluding carboxylic acids is 1. The van der Waals surface area contributed by atoms with Crippen molar-refractivity contribution in [3.63, 3.8) is 0 Å². The fraction of sp³-hybridized carbons (Fsp3) is 0.357. The standard InChI is InChI=1S/C14H16F2N4O2S/c1-22-6-2-5-20-9-17-19-14(20)23-8-13(21)18-10-3-4-11(15)12(16)7-10/h3-4,7,9H,2,5-6,8H2,1H3,(H,18,21). The zero-order valence-corrected chi connectivity index (χ0v) is 13.3. The van der Waals surface area contributed by atoms with Crippen LogP contribution in [0.2, 0.25) is 0 Å². The minimum Gasteiger partial charge on any atom is -0.385 e. The van der Waals surface area contributed by atoms with Crippen LogP contribution in [0.3, 0.4) is 0 Å². The van der Waals surface area contributed by atoms with Gasteiger partial charge in [0.2, 0.25) is 5.91 Å². The molecule has 2 aromatic rings. The number of amides is 1. The molecule has 2 rings (SSSR count). The lowest BCUT2D eigenvalue weighted by Crippen LogP contribution is -2.15. The first-order valence-corrected chi connectivity index (χ1v) is 7.83. The topological polar surface area (TPSA) is 69.0 Å². The van der Waals surface area contributed by atoms with Crippen LogP contribution in [0.25, 0.3) is 0 Å². The number of ether oxygens (including phenoxy) is 1. The Balaban J connectivity index is 1.84. The number of carbonyl (C=O) groups is 1. The van der Waals surface area contributed by atoms with Gasteiger partial charge in [-0.05, 0) is 18.6 Å². The second-order valence-electron chi connectivity index (χ2n) is 4.62. The van der Waals surface area contributed by atoms with E-state index in [-0.39, 0.29) is 17.3 Å². The summed E-state index contributed by atoms with van der Waals surface area (Å²) in [5.74, 6) is -2.22. The van der Waals surface area contributed by atoms with Crippen LogP contribution >= 0.6 is 11.8 Å². The van der Waals surface area contributed by atoms with Crippen molar-refractivity contribution in [1.82, 2.24) is 14.8 Å². The Hall–Kier alpha value is -2.00. The summed E-state index contributed by atoms with van der Waals surface area (Å²) in [4.78, 5) is 11.8. The molecule has 0 bridgehead atoms. The maximum atomic E-state index is 13.1. The van der Waals surface area contributed by atoms with Crippen molar-refractivity contribution in [2.45, 2.75) is 18.1 Å². The highest BCUT2D eigenvalue weighted by atomic mass is 32.2. The Kier molecular flexibility index (Phi) is 6.48. The van der Waals surface area contributed by atoms with E-state index in [1.165, 1.54) is 17.8 Å². The van der Waals surface area contributed by atoms with Crippen LogP contribution in [0.5, 0.6) is 0 Å². The molecule has 0 aliphatic carbocycles. The molecule has 1 amide bonds. The third-order valence-corrected chi connectivity index (χ3v) is 3.84. The largest absolute Gasteiger partial charge is 0.385 e. The van der Waals surface area contributed by atoms with Crippen LogP contribution in [0.4, 0.5) is 14.5 Å². The highest BCUT2D eigenvalue weighted by Gasteiger charge is 2.10. The Morgan fingerprint density at radius 1 is 1.39 bits per heavy atom. The van der Waals surface area contributed by atoms with Gasteiger partial charge in [0.1, 0.15) is 6.33 Å². The van der Waals surface area contributed by atoms with Gasteiger partial charge >= 0.3 is 0 Å². The fourth-order valence-corrected chi connectivity index (χ4v) is 2.53. The van der Waals surface area contributed by atoms with Gasteiger partial charge in [0.25, 0.3) is 0 Å². The summed E-state index contributed by atoms with van der Waals surface area (Å²) in [6.07, 6.45) is 2.40. The Morgan fingerprint density at radius 3 is 2.96 bits per heavy atom. The van der Waals surface area contributed by atoms with Crippen molar-refractivity contribution in [2.24, 2.45) is 0 Å². The van der Waals surface area contributed by atoms with Gasteiger partial charge in [-0.3, -0.25) is 4.79 Å². The summed E-state index contributed by atoms with van der Waals surface area (Å²) in [7, 11) is 1.63. The highest BCUT2D eigenvalue weighted by molar-refractivity contribution is 7.99. The molecule has 23 heavy (non-hydrogen) atoms. The first kappa shape index (κ1) is 17.4. The number of aryl methyl sites for hydroxylation is 1. The summed E-state index contributed by atoms with van der Waals surface area (Å²) < 4.78 is 32.7. The molecular formula is C14H16F2N4O2S. The first-order valence-electron chi connectivity index (χ1n) is 6.84. The third kappa shape index (κ3) is 5.29. The molecule has 1 aromatic heterocycles. The molecule has 0 fully saturated rings. The number of thioether (sulfide) groups is 1. The predicted molar refractivity (Wildman–Crippen MR) is 82.2 cm³/mol. The van der Waals surface area contributed by atoms with E-state index in [2.05, 4.69) is 15.5 Å². The van der Waals surface area contributed by atoms with Gasteiger partial charge in [0, 0.05) is 32.0 Å². The summed E-state index contributed by atoms with van der Waals surface area (Å²) >= 11 is 1.22. The summed E-state index contributed by atoms with van der Waals surface area (Å²) in [6.45, 7) is 1.31. The molecule has 9 heteroatoms. The molecular weight excluding hydrogens is 326 g/mol. The monoisotopic (exact) mass is 342 g/mol. The number of nitrogens with one attached hydrogen (secondary N) is 1. The lowest BCUT2D eigenvalue weighted by atomic mass is 10.3. The van der Waals surface area contributed by atoms with Crippen LogP contribution in [0.15, 0.2) is 29.7 Å². The SMILES string of the molecule is COCCCn1cnnc1SCC(=O)Nc1ccc(F)c(F)c1. The zero-order valence-electron chi connectivity index (χ0n) is 12.5. The molecule has 0 saturated carbocycles. The van der Waals surface area contributed by atoms with Gasteiger partial charge in [0.05, 0.1) is 5.75 Å². The molecule has 0 aliphatic rings. The van der Waals surface area contributed by atoms with Crippen LogP contribution < -0.4 is 5.32 Å². The minimum atomic E-state index is -1.01. The van der Waals surface area contributed by atoms with E-state index in [1.807, 2.05) is 4.57 Å². The van der Waals surface area contributed by atoms with Gasteiger partial charge in [0.15, 0.2) is 16.8 Å². The maximum Gasteiger partial charge on any atom is 0.234 e. The molecule has 1 N–H and O–H groups in total. The second kappa shape index (κ2) is 8.59. The molecule has 0 radical (unpaired) electrons. The van der Waals surface area contributed by atoms with Gasteiger partial charge in [-0.2, -0.15) is 0 Å². The van der Waals surface area contributed by atoms with Crippen LogP contribution in [0, 0.1) is 11.6 Å². The van der Waals surface area contributed by atoms with E-state index in [9.17, 15) is 13.6 Å². The number of rotatable bonds is 8. The van der Waals surface area contributed by atoms with Gasteiger partial charge in [-0.15, -0.1) is 10.2 Å². The number of halogens is 2. The second-order valence-corrected chi connectivity index (χ2v) is 5.56. The van der Waals surface area contributed by atoms with E-state index >= 15 is 0 Å². The van der Waals surface area contributed by atoms with Gasteiger partial charge < -0.3 is 14.6 Å². The third-order valence-electron chi connectivity index (χ3n) is 2.86. The van der Waals surface area contributed by atoms with E-state index in [0.717, 1.165) is 18.6 Å². The Morgan fingerprint density at radius 2 is 2.22 bits per heavy atom. The number of nitrogens with zero attached hydrogens (tertiary/aromatic N) is 3. The molecule has 6 nitrogen and oxygen atoms in total. The smallest absolute Gasteiger partial charge is 0.234 e. The number of anilines is 1. The van der Waals surface area contributed by atoms with Gasteiger partial charge in [-0.25, -0.2) is 8.78 Å². The number of methoxy groups -OCH3 is 1. The maximum absolute atomic E-state index is 13.1. The first-order chi connectivity index (χ1) is 11.1. The molecule has 0 aliphatic heterocycles. The molecule has 1 aromatic carbocycles. The number of hydrogen-bond acceptors (Lipinski definition) is 5. The van der Waals surface area contributed by atoms with Crippen molar-refractivity contribution in [2.75, 3.05) is 24.8 Å². The van der Waals surface area contributed by atoms with Crippen molar-refractivity contribution < 1.29 is 18.3 Å². The molecule has 1 heterocycles. The number of benzene rings is 1. The quantitative estimate of drug-likeness (QED) is 0.589. The van der Waals surface area contributed by atoms with E-state index < -0.39 is 11.6 Å². The number of aromatic nitrogens is 3. The fourth-order valence-electron chi connectivity index (χ4n) is 1.79. The van der Waals surface area contributed by atoms with E-state index in [0.29, 0.717) is 18.3 Å². The lowest BCUT2D eigenvalue weighted by molar-refractivity contribution is -0.113. The summed E-state index contributed by atoms with van der Waals surface area (Å²) in [5, 5.41) is 10.9. The average Bonchev–Trinajstić information content (AvgIpc) is 2.97. The summed E-state index contributed by atoms with van der Waals surface area (Å²) in [5.41, 5.74) is 0.205. The minimum absolute atomic E-state index is 0.0853. The average molecular weight is 342 g/mol. The Labute approximate surface area is 136 Å². The van der Waals surface area contributed by atoms with Crippen molar-refractivity contribution in [1.29, 1.82) is 0 Å². The Bertz CT molecular complexity index is 666. The van der Waals surface area contributed by atoms with Crippen LogP contribution in [0.1, 0.15) is 6.42 Å². The predicted octanol–water partition coefficient (Wildman–Crippen LogP) is 2.32. The zero-order chi connectivity index (χ0) is 16.7. The molecule has 0 unspecified atom stereocenters. The molecule has 124 valence electrons. The van der Waals surface area contributed by atoms with Crippen LogP contribution in [-0.2, 0) is 16.1 Å². The van der Waals surface area contributed by atoms with Crippen LogP contribution in [-0.4, -0.2) is 40.1 Å². The number of hydrogen-bond donors (Lipinski definition) is 1. The molecule has 0 spiro atoms. The van der Waals surface area contributed by atoms with E-state index in [4.69, 9.17) is 4.74 Å². The normalized spacial score (nSPS) is 10.7. The summed E-state index contributed by atoms with van der Waals surface area (Å²) in [6, 6.07) is 3.20. The highest BCUT2D eigenvalue weighted by Crippen LogP contribution is 2.17. The van der Waals surface area contributed by atoms with Crippen molar-refractivity contribution >= 4 is 23.4 Å². The lowest BCUT2D eigenvalue weighted by Gasteiger charge is -2.07. The molecule has 0 saturated heterocycles. The van der Waals surface area contributed by atoms with Crippen molar-refractivity contribution in [3.8, 4) is 0 Å². The van der Waals surface area contributed by atoms with E-state index in [1.54, 1.807) is 13.4 Å². The van der Waals surface area contributed by atoms with Crippen molar-refractivity contribution in [3.05, 3.63) is 36.2 Å².